The Morgan fingerprint density at radius 3 is 2.59 bits per heavy atom. The number of aromatic amines is 1. The van der Waals surface area contributed by atoms with Crippen molar-refractivity contribution in [1.82, 2.24) is 24.6 Å². The lowest BCUT2D eigenvalue weighted by molar-refractivity contribution is -0.121. The highest BCUT2D eigenvalue weighted by atomic mass is 16.2. The Morgan fingerprint density at radius 2 is 1.81 bits per heavy atom. The first-order valence-corrected chi connectivity index (χ1v) is 11.6. The first-order valence-electron chi connectivity index (χ1n) is 11.6. The van der Waals surface area contributed by atoms with Crippen molar-refractivity contribution in [3.8, 4) is 0 Å². The summed E-state index contributed by atoms with van der Waals surface area (Å²) in [6.45, 7) is 3.74. The predicted molar refractivity (Wildman–Crippen MR) is 121 cm³/mol. The SMILES string of the molecule is O=C(Nc1cc2n(n1)CCN(C(=O)c1cc3ccccc3[nH]1)C2)C1CCN(C2CC2)CC1. The second-order valence-electron chi connectivity index (χ2n) is 9.27. The molecule has 2 fully saturated rings. The largest absolute Gasteiger partial charge is 0.351 e. The molecule has 8 heteroatoms. The number of aromatic nitrogens is 3. The highest BCUT2D eigenvalue weighted by molar-refractivity contribution is 5.98. The standard InChI is InChI=1S/C24H28N6O2/c31-23(16-7-9-28(10-8-16)18-5-6-18)26-22-14-19-15-29(11-12-30(19)27-22)24(32)21-13-17-3-1-2-4-20(17)25-21/h1-4,13-14,16,18,25H,5-12,15H2,(H,26,27,31). The molecule has 1 saturated heterocycles. The van der Waals surface area contributed by atoms with E-state index in [1.807, 2.05) is 46.0 Å². The van der Waals surface area contributed by atoms with Crippen LogP contribution in [0.4, 0.5) is 5.82 Å². The van der Waals surface area contributed by atoms with Crippen LogP contribution in [0.2, 0.25) is 0 Å². The molecule has 1 saturated carbocycles. The second-order valence-corrected chi connectivity index (χ2v) is 9.27. The number of hydrogen-bond donors (Lipinski definition) is 2. The molecular formula is C24H28N6O2. The number of fused-ring (bicyclic) bond motifs is 2. The number of carbonyl (C=O) groups excluding carboxylic acids is 2. The van der Waals surface area contributed by atoms with E-state index in [-0.39, 0.29) is 17.7 Å². The van der Waals surface area contributed by atoms with E-state index in [1.165, 1.54) is 12.8 Å². The van der Waals surface area contributed by atoms with Crippen LogP contribution in [-0.2, 0) is 17.9 Å². The topological polar surface area (TPSA) is 86.3 Å². The van der Waals surface area contributed by atoms with Crippen molar-refractivity contribution in [3.63, 3.8) is 0 Å². The predicted octanol–water partition coefficient (Wildman–Crippen LogP) is 2.83. The highest BCUT2D eigenvalue weighted by Gasteiger charge is 2.34. The minimum Gasteiger partial charge on any atom is -0.351 e. The monoisotopic (exact) mass is 432 g/mol. The molecule has 0 unspecified atom stereocenters. The van der Waals surface area contributed by atoms with Gasteiger partial charge in [-0.15, -0.1) is 0 Å². The molecule has 0 radical (unpaired) electrons. The molecule has 6 rings (SSSR count). The first kappa shape index (κ1) is 19.5. The van der Waals surface area contributed by atoms with Gasteiger partial charge in [0.2, 0.25) is 5.91 Å². The van der Waals surface area contributed by atoms with Crippen molar-refractivity contribution in [2.45, 2.75) is 44.8 Å². The van der Waals surface area contributed by atoms with Gasteiger partial charge in [0, 0.05) is 35.5 Å². The summed E-state index contributed by atoms with van der Waals surface area (Å²) in [6, 6.07) is 12.5. The zero-order valence-electron chi connectivity index (χ0n) is 18.1. The number of rotatable bonds is 4. The second kappa shape index (κ2) is 7.78. The van der Waals surface area contributed by atoms with Crippen molar-refractivity contribution >= 4 is 28.5 Å². The fourth-order valence-electron chi connectivity index (χ4n) is 5.05. The molecule has 0 spiro atoms. The summed E-state index contributed by atoms with van der Waals surface area (Å²) in [5, 5.41) is 8.62. The van der Waals surface area contributed by atoms with E-state index < -0.39 is 0 Å². The Bertz CT molecular complexity index is 1140. The molecule has 2 aromatic heterocycles. The lowest BCUT2D eigenvalue weighted by Crippen LogP contribution is -2.39. The molecule has 1 aromatic carbocycles. The number of hydrogen-bond acceptors (Lipinski definition) is 4. The van der Waals surface area contributed by atoms with E-state index >= 15 is 0 Å². The van der Waals surface area contributed by atoms with Crippen LogP contribution >= 0.6 is 0 Å². The molecule has 2 N–H and O–H groups in total. The van der Waals surface area contributed by atoms with Crippen LogP contribution in [0.15, 0.2) is 36.4 Å². The minimum atomic E-state index is -0.0124. The maximum Gasteiger partial charge on any atom is 0.270 e. The summed E-state index contributed by atoms with van der Waals surface area (Å²) in [5.41, 5.74) is 2.51. The van der Waals surface area contributed by atoms with Gasteiger partial charge in [0.1, 0.15) is 5.69 Å². The van der Waals surface area contributed by atoms with Crippen molar-refractivity contribution < 1.29 is 9.59 Å². The number of benzene rings is 1. The Hall–Kier alpha value is -3.13. The van der Waals surface area contributed by atoms with Gasteiger partial charge in [-0.05, 0) is 50.9 Å². The van der Waals surface area contributed by atoms with E-state index in [4.69, 9.17) is 0 Å². The Labute approximate surface area is 186 Å². The van der Waals surface area contributed by atoms with E-state index in [0.29, 0.717) is 31.1 Å². The quantitative estimate of drug-likeness (QED) is 0.664. The summed E-state index contributed by atoms with van der Waals surface area (Å²) >= 11 is 0. The van der Waals surface area contributed by atoms with Gasteiger partial charge in [-0.2, -0.15) is 5.10 Å². The molecule has 166 valence electrons. The number of para-hydroxylation sites is 1. The molecule has 3 aliphatic rings. The van der Waals surface area contributed by atoms with E-state index in [9.17, 15) is 9.59 Å². The third kappa shape index (κ3) is 3.68. The number of H-pyrrole nitrogens is 1. The average molecular weight is 433 g/mol. The van der Waals surface area contributed by atoms with Gasteiger partial charge < -0.3 is 20.1 Å². The van der Waals surface area contributed by atoms with Crippen LogP contribution in [-0.4, -0.2) is 62.1 Å². The van der Waals surface area contributed by atoms with Crippen molar-refractivity contribution in [2.24, 2.45) is 5.92 Å². The van der Waals surface area contributed by atoms with Gasteiger partial charge in [0.25, 0.3) is 5.91 Å². The number of nitrogens with zero attached hydrogens (tertiary/aromatic N) is 4. The normalized spacial score (nSPS) is 19.8. The highest BCUT2D eigenvalue weighted by Crippen LogP contribution is 2.31. The van der Waals surface area contributed by atoms with Crippen molar-refractivity contribution in [1.29, 1.82) is 0 Å². The van der Waals surface area contributed by atoms with Gasteiger partial charge in [-0.25, -0.2) is 0 Å². The number of carbonyl (C=O) groups is 2. The number of likely N-dealkylation sites (tertiary alicyclic amines) is 1. The Balaban J connectivity index is 1.09. The molecule has 0 atom stereocenters. The average Bonchev–Trinajstić information content (AvgIpc) is 3.45. The fourth-order valence-corrected chi connectivity index (χ4v) is 5.05. The van der Waals surface area contributed by atoms with Crippen molar-refractivity contribution in [2.75, 3.05) is 25.0 Å². The van der Waals surface area contributed by atoms with E-state index in [2.05, 4.69) is 20.3 Å². The molecular weight excluding hydrogens is 404 g/mol. The molecule has 4 heterocycles. The fraction of sp³-hybridized carbons (Fsp3) is 0.458. The van der Waals surface area contributed by atoms with Crippen LogP contribution in [0.3, 0.4) is 0 Å². The lowest BCUT2D eigenvalue weighted by atomic mass is 9.96. The van der Waals surface area contributed by atoms with Crippen LogP contribution < -0.4 is 5.32 Å². The van der Waals surface area contributed by atoms with E-state index in [1.54, 1.807) is 0 Å². The number of amides is 2. The summed E-state index contributed by atoms with van der Waals surface area (Å²) < 4.78 is 1.90. The summed E-state index contributed by atoms with van der Waals surface area (Å²) in [4.78, 5) is 33.4. The molecule has 2 aliphatic heterocycles. The van der Waals surface area contributed by atoms with Gasteiger partial charge in [-0.1, -0.05) is 18.2 Å². The number of piperidine rings is 1. The van der Waals surface area contributed by atoms with Gasteiger partial charge >= 0.3 is 0 Å². The van der Waals surface area contributed by atoms with Crippen molar-refractivity contribution in [3.05, 3.63) is 47.8 Å². The van der Waals surface area contributed by atoms with E-state index in [0.717, 1.165) is 48.6 Å². The third-order valence-corrected chi connectivity index (χ3v) is 7.06. The van der Waals surface area contributed by atoms with Crippen LogP contribution in [0, 0.1) is 5.92 Å². The summed E-state index contributed by atoms with van der Waals surface area (Å²) in [7, 11) is 0. The summed E-state index contributed by atoms with van der Waals surface area (Å²) in [6.07, 6.45) is 4.47. The maximum absolute atomic E-state index is 13.0. The number of nitrogens with one attached hydrogen (secondary N) is 2. The summed E-state index contributed by atoms with van der Waals surface area (Å²) in [5.74, 6) is 0.710. The molecule has 0 bridgehead atoms. The van der Waals surface area contributed by atoms with Gasteiger partial charge in [-0.3, -0.25) is 14.3 Å². The van der Waals surface area contributed by atoms with Gasteiger partial charge in [0.05, 0.1) is 18.8 Å². The number of anilines is 1. The first-order chi connectivity index (χ1) is 15.6. The molecule has 32 heavy (non-hydrogen) atoms. The zero-order valence-corrected chi connectivity index (χ0v) is 18.1. The lowest BCUT2D eigenvalue weighted by Gasteiger charge is -2.31. The molecule has 8 nitrogen and oxygen atoms in total. The van der Waals surface area contributed by atoms with Gasteiger partial charge in [0.15, 0.2) is 5.82 Å². The third-order valence-electron chi connectivity index (χ3n) is 7.06. The maximum atomic E-state index is 13.0. The Morgan fingerprint density at radius 1 is 1.00 bits per heavy atom. The van der Waals surface area contributed by atoms with Crippen LogP contribution in [0.25, 0.3) is 10.9 Å². The smallest absolute Gasteiger partial charge is 0.270 e. The Kier molecular flexibility index (Phi) is 4.75. The molecule has 2 amide bonds. The van der Waals surface area contributed by atoms with Crippen LogP contribution in [0.5, 0.6) is 0 Å². The minimum absolute atomic E-state index is 0.0124. The molecule has 1 aliphatic carbocycles. The zero-order chi connectivity index (χ0) is 21.7. The molecule has 3 aromatic rings. The van der Waals surface area contributed by atoms with Crippen LogP contribution in [0.1, 0.15) is 41.9 Å².